The van der Waals surface area contributed by atoms with Crippen LogP contribution in [0.5, 0.6) is 0 Å². The van der Waals surface area contributed by atoms with Gasteiger partial charge in [0.1, 0.15) is 24.3 Å². The van der Waals surface area contributed by atoms with Crippen LogP contribution < -0.4 is 16.0 Å². The second-order valence-corrected chi connectivity index (χ2v) is 7.79. The molecule has 0 aliphatic heterocycles. The Bertz CT molecular complexity index is 1390. The van der Waals surface area contributed by atoms with Gasteiger partial charge in [-0.2, -0.15) is 13.2 Å². The van der Waals surface area contributed by atoms with Crippen LogP contribution in [0.4, 0.5) is 36.2 Å². The molecule has 0 aliphatic carbocycles. The van der Waals surface area contributed by atoms with Crippen molar-refractivity contribution in [1.29, 1.82) is 0 Å². The monoisotopic (exact) mass is 493 g/mol. The standard InChI is InChI=1S/C25H22F3N7O/c1-3-30-22-11-21(31-14-32-22)19-12-29-13-33-23(19)35-20-10-18(8-7-15(20)2)34-24(36)16-5-4-6-17(9-16)25(26,27)28/h4-14H,3H2,1-2H3,(H,34,36)(H,29,33,35)(H,30,31,32). The molecule has 11 heteroatoms. The molecule has 8 nitrogen and oxygen atoms in total. The van der Waals surface area contributed by atoms with Crippen molar-refractivity contribution in [2.24, 2.45) is 0 Å². The smallest absolute Gasteiger partial charge is 0.370 e. The molecule has 2 aromatic heterocycles. The summed E-state index contributed by atoms with van der Waals surface area (Å²) in [4.78, 5) is 29.6. The number of hydrogen-bond donors (Lipinski definition) is 3. The van der Waals surface area contributed by atoms with Gasteiger partial charge in [0.2, 0.25) is 0 Å². The third-order valence-corrected chi connectivity index (χ3v) is 5.21. The van der Waals surface area contributed by atoms with Crippen LogP contribution in [0.2, 0.25) is 0 Å². The highest BCUT2D eigenvalue weighted by molar-refractivity contribution is 6.04. The van der Waals surface area contributed by atoms with Gasteiger partial charge in [-0.05, 0) is 49.7 Å². The van der Waals surface area contributed by atoms with E-state index in [9.17, 15) is 18.0 Å². The quantitative estimate of drug-likeness (QED) is 0.304. The van der Waals surface area contributed by atoms with E-state index < -0.39 is 17.6 Å². The first-order valence-electron chi connectivity index (χ1n) is 11.0. The van der Waals surface area contributed by atoms with Gasteiger partial charge in [0.25, 0.3) is 5.91 Å². The Labute approximate surface area is 205 Å². The molecule has 0 saturated heterocycles. The molecule has 0 radical (unpaired) electrons. The van der Waals surface area contributed by atoms with Gasteiger partial charge < -0.3 is 16.0 Å². The zero-order valence-corrected chi connectivity index (χ0v) is 19.4. The molecule has 3 N–H and O–H groups in total. The lowest BCUT2D eigenvalue weighted by Crippen LogP contribution is -2.14. The minimum atomic E-state index is -4.54. The maximum absolute atomic E-state index is 13.0. The number of carbonyl (C=O) groups excluding carboxylic acids is 1. The molecule has 0 spiro atoms. The molecule has 0 bridgehead atoms. The van der Waals surface area contributed by atoms with Crippen molar-refractivity contribution in [3.8, 4) is 11.3 Å². The van der Waals surface area contributed by atoms with E-state index in [0.29, 0.717) is 40.8 Å². The highest BCUT2D eigenvalue weighted by Gasteiger charge is 2.30. The summed E-state index contributed by atoms with van der Waals surface area (Å²) in [7, 11) is 0. The van der Waals surface area contributed by atoms with Crippen LogP contribution in [0, 0.1) is 6.92 Å². The molecule has 0 aliphatic rings. The van der Waals surface area contributed by atoms with E-state index in [4.69, 9.17) is 0 Å². The van der Waals surface area contributed by atoms with E-state index in [-0.39, 0.29) is 5.56 Å². The molecule has 2 aromatic carbocycles. The number of aromatic nitrogens is 4. The first-order valence-corrected chi connectivity index (χ1v) is 11.0. The van der Waals surface area contributed by atoms with Gasteiger partial charge in [-0.1, -0.05) is 12.1 Å². The van der Waals surface area contributed by atoms with E-state index in [1.165, 1.54) is 24.8 Å². The normalized spacial score (nSPS) is 11.1. The van der Waals surface area contributed by atoms with Crippen LogP contribution in [-0.4, -0.2) is 32.4 Å². The van der Waals surface area contributed by atoms with Crippen LogP contribution >= 0.6 is 0 Å². The Hall–Kier alpha value is -4.54. The van der Waals surface area contributed by atoms with Gasteiger partial charge >= 0.3 is 6.18 Å². The van der Waals surface area contributed by atoms with Gasteiger partial charge in [-0.3, -0.25) is 4.79 Å². The Morgan fingerprint density at radius 1 is 1.00 bits per heavy atom. The fourth-order valence-electron chi connectivity index (χ4n) is 3.40. The fraction of sp³-hybridized carbons (Fsp3) is 0.160. The number of carbonyl (C=O) groups is 1. The summed E-state index contributed by atoms with van der Waals surface area (Å²) in [6.07, 6.45) is -0.0718. The second kappa shape index (κ2) is 10.4. The molecule has 184 valence electrons. The average Bonchev–Trinajstić information content (AvgIpc) is 2.86. The molecule has 4 rings (SSSR count). The van der Waals surface area contributed by atoms with Crippen LogP contribution in [0.3, 0.4) is 0 Å². The number of nitrogens with one attached hydrogen (secondary N) is 3. The molecule has 0 atom stereocenters. The number of anilines is 4. The summed E-state index contributed by atoms with van der Waals surface area (Å²) in [6, 6.07) is 11.2. The van der Waals surface area contributed by atoms with Gasteiger partial charge in [-0.25, -0.2) is 19.9 Å². The van der Waals surface area contributed by atoms with Crippen molar-refractivity contribution in [3.63, 3.8) is 0 Å². The van der Waals surface area contributed by atoms with Gasteiger partial charge in [0.15, 0.2) is 0 Å². The summed E-state index contributed by atoms with van der Waals surface area (Å²) >= 11 is 0. The summed E-state index contributed by atoms with van der Waals surface area (Å²) in [5, 5.41) is 9.02. The Morgan fingerprint density at radius 2 is 1.83 bits per heavy atom. The van der Waals surface area contributed by atoms with Crippen LogP contribution in [-0.2, 0) is 6.18 Å². The molecule has 0 unspecified atom stereocenters. The van der Waals surface area contributed by atoms with Crippen LogP contribution in [0.1, 0.15) is 28.4 Å². The first-order chi connectivity index (χ1) is 17.2. The fourth-order valence-corrected chi connectivity index (χ4v) is 3.40. The minimum Gasteiger partial charge on any atom is -0.370 e. The number of alkyl halides is 3. The molecule has 0 fully saturated rings. The molecular weight excluding hydrogens is 471 g/mol. The lowest BCUT2D eigenvalue weighted by molar-refractivity contribution is -0.137. The van der Waals surface area contributed by atoms with Crippen molar-refractivity contribution in [1.82, 2.24) is 19.9 Å². The second-order valence-electron chi connectivity index (χ2n) is 7.79. The maximum Gasteiger partial charge on any atom is 0.416 e. The van der Waals surface area contributed by atoms with E-state index in [0.717, 1.165) is 17.7 Å². The number of benzene rings is 2. The molecular formula is C25H22F3N7O. The number of hydrogen-bond acceptors (Lipinski definition) is 7. The molecule has 36 heavy (non-hydrogen) atoms. The van der Waals surface area contributed by atoms with Crippen LogP contribution in [0.15, 0.2) is 67.4 Å². The Morgan fingerprint density at radius 3 is 2.61 bits per heavy atom. The third kappa shape index (κ3) is 5.74. The minimum absolute atomic E-state index is 0.0988. The van der Waals surface area contributed by atoms with E-state index in [2.05, 4.69) is 35.9 Å². The summed E-state index contributed by atoms with van der Waals surface area (Å²) in [6.45, 7) is 4.53. The zero-order valence-electron chi connectivity index (χ0n) is 19.4. The van der Waals surface area contributed by atoms with Crippen molar-refractivity contribution in [2.45, 2.75) is 20.0 Å². The Balaban J connectivity index is 1.59. The Kier molecular flexibility index (Phi) is 7.09. The van der Waals surface area contributed by atoms with E-state index >= 15 is 0 Å². The van der Waals surface area contributed by atoms with Crippen molar-refractivity contribution >= 4 is 28.9 Å². The van der Waals surface area contributed by atoms with E-state index in [1.54, 1.807) is 30.5 Å². The predicted octanol–water partition coefficient (Wildman–Crippen LogP) is 5.69. The number of halogens is 3. The largest absolute Gasteiger partial charge is 0.416 e. The molecule has 4 aromatic rings. The average molecular weight is 493 g/mol. The molecule has 2 heterocycles. The number of nitrogens with zero attached hydrogens (tertiary/aromatic N) is 4. The van der Waals surface area contributed by atoms with Crippen molar-refractivity contribution < 1.29 is 18.0 Å². The van der Waals surface area contributed by atoms with Crippen molar-refractivity contribution in [3.05, 3.63) is 84.1 Å². The van der Waals surface area contributed by atoms with Crippen LogP contribution in [0.25, 0.3) is 11.3 Å². The molecule has 0 saturated carbocycles. The first kappa shape index (κ1) is 24.6. The maximum atomic E-state index is 13.0. The lowest BCUT2D eigenvalue weighted by Gasteiger charge is -2.15. The van der Waals surface area contributed by atoms with E-state index in [1.807, 2.05) is 13.8 Å². The lowest BCUT2D eigenvalue weighted by atomic mass is 10.1. The number of rotatable bonds is 7. The highest BCUT2D eigenvalue weighted by atomic mass is 19.4. The number of aryl methyl sites for hydroxylation is 1. The highest BCUT2D eigenvalue weighted by Crippen LogP contribution is 2.31. The molecule has 1 amide bonds. The summed E-state index contributed by atoms with van der Waals surface area (Å²) in [5.74, 6) is 0.485. The number of amides is 1. The van der Waals surface area contributed by atoms with Crippen molar-refractivity contribution in [2.75, 3.05) is 22.5 Å². The predicted molar refractivity (Wildman–Crippen MR) is 131 cm³/mol. The topological polar surface area (TPSA) is 105 Å². The third-order valence-electron chi connectivity index (χ3n) is 5.21. The van der Waals surface area contributed by atoms with Gasteiger partial charge in [0, 0.05) is 35.7 Å². The van der Waals surface area contributed by atoms with Gasteiger partial charge in [0.05, 0.1) is 16.8 Å². The SMILES string of the molecule is CCNc1cc(-c2cncnc2Nc2cc(NC(=O)c3cccc(C(F)(F)F)c3)ccc2C)ncn1. The van der Waals surface area contributed by atoms with Gasteiger partial charge in [-0.15, -0.1) is 0 Å². The zero-order chi connectivity index (χ0) is 25.7. The summed E-state index contributed by atoms with van der Waals surface area (Å²) in [5.41, 5.74) is 2.15. The summed E-state index contributed by atoms with van der Waals surface area (Å²) < 4.78 is 39.0.